The van der Waals surface area contributed by atoms with Gasteiger partial charge in [-0.3, -0.25) is 46.8 Å². The number of phosphoric acid groups is 1. The molecule has 7 rings (SSSR count). The lowest BCUT2D eigenvalue weighted by atomic mass is 10.1. The third-order valence-electron chi connectivity index (χ3n) is 7.51. The fourth-order valence-electron chi connectivity index (χ4n) is 5.50. The smallest absolute Gasteiger partial charge is 0.386 e. The monoisotopic (exact) mass is 688 g/mol. The van der Waals surface area contributed by atoms with Gasteiger partial charge < -0.3 is 40.6 Å². The van der Waals surface area contributed by atoms with Crippen LogP contribution in [0.2, 0.25) is 0 Å². The van der Waals surface area contributed by atoms with E-state index in [4.69, 9.17) is 39.0 Å². The Labute approximate surface area is 254 Å². The van der Waals surface area contributed by atoms with E-state index in [0.29, 0.717) is 0 Å². The van der Waals surface area contributed by atoms with Gasteiger partial charge in [0.05, 0.1) is 25.9 Å². The number of aromatic nitrogens is 8. The zero-order chi connectivity index (χ0) is 32.7. The lowest BCUT2D eigenvalue weighted by Crippen LogP contribution is -2.39. The van der Waals surface area contributed by atoms with Crippen LogP contribution in [0.15, 0.2) is 22.2 Å². The molecule has 0 spiro atoms. The lowest BCUT2D eigenvalue weighted by molar-refractivity contribution is -0.0622. The molecule has 0 aliphatic carbocycles. The van der Waals surface area contributed by atoms with E-state index in [9.17, 15) is 33.8 Å². The zero-order valence-electron chi connectivity index (χ0n) is 23.3. The third-order valence-corrected chi connectivity index (χ3v) is 9.74. The molecule has 9 N–H and O–H groups in total. The van der Waals surface area contributed by atoms with Crippen LogP contribution in [-0.4, -0.2) is 111 Å². The molecule has 4 aromatic heterocycles. The van der Waals surface area contributed by atoms with E-state index in [1.165, 1.54) is 4.57 Å². The molecule has 4 aromatic rings. The van der Waals surface area contributed by atoms with Gasteiger partial charge in [0.1, 0.15) is 36.6 Å². The molecule has 3 aliphatic heterocycles. The Balaban J connectivity index is 1.18. The second-order valence-electron chi connectivity index (χ2n) is 10.6. The fourth-order valence-corrected chi connectivity index (χ4v) is 7.64. The maximum Gasteiger partial charge on any atom is 0.472 e. The molecular weight excluding hydrogens is 662 g/mol. The number of nitrogens with zero attached hydrogens (tertiary/aromatic N) is 6. The third kappa shape index (κ3) is 5.34. The summed E-state index contributed by atoms with van der Waals surface area (Å²) < 4.78 is 62.5. The Kier molecular flexibility index (Phi) is 7.41. The summed E-state index contributed by atoms with van der Waals surface area (Å²) >= 11 is 0. The van der Waals surface area contributed by atoms with E-state index in [1.54, 1.807) is 0 Å². The first-order chi connectivity index (χ1) is 21.7. The van der Waals surface area contributed by atoms with Crippen LogP contribution < -0.4 is 22.6 Å². The van der Waals surface area contributed by atoms with Gasteiger partial charge in [-0.25, -0.2) is 14.5 Å². The normalized spacial score (nSPS) is 37.1. The number of hydrogen-bond donors (Lipinski definition) is 7. The number of nitrogens with one attached hydrogen (secondary N) is 2. The maximum atomic E-state index is 13.5. The van der Waals surface area contributed by atoms with Gasteiger partial charge >= 0.3 is 15.4 Å². The first kappa shape index (κ1) is 31.0. The predicted octanol–water partition coefficient (Wildman–Crippen LogP) is -2.33. The Bertz CT molecular complexity index is 1900. The summed E-state index contributed by atoms with van der Waals surface area (Å²) in [6, 6.07) is 0. The van der Waals surface area contributed by atoms with Gasteiger partial charge in [0.25, 0.3) is 11.1 Å². The number of anilines is 2. The van der Waals surface area contributed by atoms with Crippen LogP contribution in [-0.2, 0) is 36.7 Å². The maximum absolute atomic E-state index is 13.5. The number of ether oxygens (including phenoxy) is 2. The summed E-state index contributed by atoms with van der Waals surface area (Å²) in [6.07, 6.45) is -9.66. The number of nitrogen functional groups attached to an aromatic ring is 2. The van der Waals surface area contributed by atoms with Crippen LogP contribution in [0.25, 0.3) is 22.3 Å². The molecule has 46 heavy (non-hydrogen) atoms. The second kappa shape index (κ2) is 11.0. The number of aliphatic hydroxyl groups excluding tert-OH is 2. The van der Waals surface area contributed by atoms with Crippen LogP contribution >= 0.6 is 15.4 Å². The SMILES string of the molecule is CP1(=O)OC[C@H]2O[C@@H](n3cnc4c(=O)[nH]c(N)nc43)C(O)[C@H]2OP(=O)(O)OC[C@H]2O[C@@H](n3cnc4c(=O)[nH]c(N)nc43)C(O)[C@H]2O1. The molecule has 3 fully saturated rings. The van der Waals surface area contributed by atoms with Gasteiger partial charge in [0.2, 0.25) is 11.9 Å². The van der Waals surface area contributed by atoms with Crippen LogP contribution in [0.1, 0.15) is 12.5 Å². The minimum absolute atomic E-state index is 0.0580. The van der Waals surface area contributed by atoms with E-state index in [-0.39, 0.29) is 34.2 Å². The number of aromatic amines is 2. The molecule has 23 nitrogen and oxygen atoms in total. The summed E-state index contributed by atoms with van der Waals surface area (Å²) in [4.78, 5) is 55.7. The van der Waals surface area contributed by atoms with Crippen molar-refractivity contribution in [1.82, 2.24) is 39.0 Å². The van der Waals surface area contributed by atoms with Crippen molar-refractivity contribution in [2.45, 2.75) is 49.1 Å². The van der Waals surface area contributed by atoms with E-state index in [2.05, 4.69) is 29.9 Å². The first-order valence-corrected chi connectivity index (χ1v) is 16.9. The first-order valence-electron chi connectivity index (χ1n) is 13.4. The molecule has 7 heterocycles. The number of rotatable bonds is 2. The van der Waals surface area contributed by atoms with E-state index >= 15 is 0 Å². The Morgan fingerprint density at radius 3 is 1.78 bits per heavy atom. The topological polar surface area (TPSA) is 329 Å². The van der Waals surface area contributed by atoms with Crippen molar-refractivity contribution in [3.63, 3.8) is 0 Å². The van der Waals surface area contributed by atoms with Crippen LogP contribution in [0.4, 0.5) is 11.9 Å². The minimum Gasteiger partial charge on any atom is -0.386 e. The highest BCUT2D eigenvalue weighted by atomic mass is 31.2. The number of fused-ring (bicyclic) bond motifs is 4. The van der Waals surface area contributed by atoms with Gasteiger partial charge in [-0.1, -0.05) is 0 Å². The summed E-state index contributed by atoms with van der Waals surface area (Å²) in [7, 11) is -9.14. The van der Waals surface area contributed by atoms with E-state index in [1.807, 2.05) is 0 Å². The largest absolute Gasteiger partial charge is 0.472 e. The van der Waals surface area contributed by atoms with Gasteiger partial charge in [-0.05, 0) is 0 Å². The molecule has 0 radical (unpaired) electrons. The quantitative estimate of drug-likeness (QED) is 0.109. The molecule has 4 unspecified atom stereocenters. The highest BCUT2D eigenvalue weighted by Gasteiger charge is 2.53. The highest BCUT2D eigenvalue weighted by Crippen LogP contribution is 2.53. The molecule has 10 atom stereocenters. The number of aliphatic hydroxyl groups is 2. The standard InChI is InChI=1S/C21H26N10O13P2/c1-45(36)39-2-6-13(11(33)19(41-6)31-5-25-9-15(31)27-21(23)29-17(9)35)44-46(37,38)40-3-7-12(43-45)10(32)18(42-7)30-4-24-8-14(30)26-20(22)28-16(8)34/h4-7,10-13,18-19,32-33H,2-3H2,1H3,(H,37,38)(H3,22,26,28,34)(H3,23,27,29,35)/t6-,7-,10?,11?,12+,13+,18-,19-,45?/m1/s1. The lowest BCUT2D eigenvalue weighted by Gasteiger charge is -2.28. The number of hydrogen-bond acceptors (Lipinski definition) is 18. The fraction of sp³-hybridized carbons (Fsp3) is 0.524. The van der Waals surface area contributed by atoms with E-state index in [0.717, 1.165) is 23.9 Å². The number of nitrogens with two attached hydrogens (primary N) is 2. The Hall–Kier alpha value is -3.60. The predicted molar refractivity (Wildman–Crippen MR) is 150 cm³/mol. The van der Waals surface area contributed by atoms with Crippen molar-refractivity contribution < 1.29 is 51.8 Å². The van der Waals surface area contributed by atoms with Crippen molar-refractivity contribution in [3.8, 4) is 0 Å². The van der Waals surface area contributed by atoms with Gasteiger partial charge in [0, 0.05) is 6.66 Å². The molecule has 248 valence electrons. The van der Waals surface area contributed by atoms with E-state index < -0.39 is 88.8 Å². The average molecular weight is 688 g/mol. The van der Waals surface area contributed by atoms with Crippen molar-refractivity contribution in [1.29, 1.82) is 0 Å². The van der Waals surface area contributed by atoms with Crippen molar-refractivity contribution >= 4 is 49.6 Å². The zero-order valence-corrected chi connectivity index (χ0v) is 25.1. The van der Waals surface area contributed by atoms with Crippen LogP contribution in [0, 0.1) is 0 Å². The summed E-state index contributed by atoms with van der Waals surface area (Å²) in [5.74, 6) is -0.488. The molecule has 0 saturated carbocycles. The molecule has 25 heteroatoms. The molecular formula is C21H26N10O13P2. The molecule has 3 aliphatic rings. The van der Waals surface area contributed by atoms with Crippen molar-refractivity contribution in [2.24, 2.45) is 0 Å². The molecule has 0 aromatic carbocycles. The van der Waals surface area contributed by atoms with Crippen molar-refractivity contribution in [2.75, 3.05) is 31.3 Å². The van der Waals surface area contributed by atoms with Crippen LogP contribution in [0.3, 0.4) is 0 Å². The van der Waals surface area contributed by atoms with Crippen molar-refractivity contribution in [3.05, 3.63) is 33.4 Å². The minimum atomic E-state index is -5.04. The van der Waals surface area contributed by atoms with Gasteiger partial charge in [-0.2, -0.15) is 9.97 Å². The number of H-pyrrole nitrogens is 2. The van der Waals surface area contributed by atoms with Gasteiger partial charge in [0.15, 0.2) is 34.8 Å². The summed E-state index contributed by atoms with van der Waals surface area (Å²) in [5.41, 5.74) is 9.61. The Morgan fingerprint density at radius 1 is 0.826 bits per heavy atom. The molecule has 0 bridgehead atoms. The number of phosphoric ester groups is 1. The molecule has 0 amide bonds. The average Bonchev–Trinajstić information content (AvgIpc) is 3.72. The van der Waals surface area contributed by atoms with Crippen LogP contribution in [0.5, 0.6) is 0 Å². The Morgan fingerprint density at radius 2 is 1.28 bits per heavy atom. The van der Waals surface area contributed by atoms with Gasteiger partial charge in [-0.15, -0.1) is 0 Å². The highest BCUT2D eigenvalue weighted by molar-refractivity contribution is 7.53. The summed E-state index contributed by atoms with van der Waals surface area (Å²) in [6.45, 7) is -0.279. The molecule has 3 saturated heterocycles. The second-order valence-corrected chi connectivity index (χ2v) is 14.1. The summed E-state index contributed by atoms with van der Waals surface area (Å²) in [5, 5.41) is 22.4. The number of imidazole rings is 2.